The van der Waals surface area contributed by atoms with Crippen molar-refractivity contribution in [2.45, 2.75) is 56.8 Å². The third-order valence-corrected chi connectivity index (χ3v) is 7.92. The summed E-state index contributed by atoms with van der Waals surface area (Å²) in [6.45, 7) is 0. The lowest BCUT2D eigenvalue weighted by Crippen LogP contribution is -2.40. The number of aromatic nitrogens is 1. The van der Waals surface area contributed by atoms with E-state index in [0.717, 1.165) is 35.3 Å². The monoisotopic (exact) mass is 552 g/mol. The second-order valence-electron chi connectivity index (χ2n) is 10.1. The zero-order chi connectivity index (χ0) is 27.5. The van der Waals surface area contributed by atoms with Gasteiger partial charge in [0, 0.05) is 34.8 Å². The fourth-order valence-corrected chi connectivity index (χ4v) is 6.00. The van der Waals surface area contributed by atoms with Gasteiger partial charge in [0.05, 0.1) is 37.6 Å². The highest BCUT2D eigenvalue weighted by molar-refractivity contribution is 6.30. The lowest BCUT2D eigenvalue weighted by molar-refractivity contribution is -0.143. The first kappa shape index (κ1) is 27.1. The molecule has 9 heteroatoms. The van der Waals surface area contributed by atoms with Crippen LogP contribution in [0.1, 0.15) is 67.6 Å². The van der Waals surface area contributed by atoms with Gasteiger partial charge in [-0.25, -0.2) is 0 Å². The summed E-state index contributed by atoms with van der Waals surface area (Å²) in [4.78, 5) is 24.4. The molecule has 0 spiro atoms. The van der Waals surface area contributed by atoms with Gasteiger partial charge in [-0.3, -0.25) is 9.59 Å². The summed E-state index contributed by atoms with van der Waals surface area (Å²) in [5, 5.41) is 13.0. The third-order valence-electron chi connectivity index (χ3n) is 7.68. The van der Waals surface area contributed by atoms with Gasteiger partial charge in [-0.05, 0) is 62.1 Å². The van der Waals surface area contributed by atoms with Crippen LogP contribution in [0.3, 0.4) is 0 Å². The Morgan fingerprint density at radius 3 is 2.72 bits per heavy atom. The number of para-hydroxylation sites is 1. The van der Waals surface area contributed by atoms with Gasteiger partial charge in [0.15, 0.2) is 11.5 Å². The van der Waals surface area contributed by atoms with Crippen molar-refractivity contribution in [2.24, 2.45) is 5.92 Å². The molecule has 5 rings (SSSR count). The average molecular weight is 553 g/mol. The smallest absolute Gasteiger partial charge is 0.306 e. The highest BCUT2D eigenvalue weighted by atomic mass is 35.5. The maximum absolute atomic E-state index is 13.0. The first-order valence-electron chi connectivity index (χ1n) is 13.2. The van der Waals surface area contributed by atoms with E-state index in [-0.39, 0.29) is 18.4 Å². The van der Waals surface area contributed by atoms with Crippen molar-refractivity contribution >= 4 is 23.5 Å². The fourth-order valence-electron chi connectivity index (χ4n) is 5.82. The Morgan fingerprint density at radius 2 is 1.95 bits per heavy atom. The number of amides is 1. The first-order chi connectivity index (χ1) is 18.9. The zero-order valence-electron chi connectivity index (χ0n) is 22.1. The van der Waals surface area contributed by atoms with Gasteiger partial charge in [-0.1, -0.05) is 30.2 Å². The lowest BCUT2D eigenvalue weighted by atomic mass is 9.85. The molecule has 1 fully saturated rings. The third kappa shape index (κ3) is 5.63. The van der Waals surface area contributed by atoms with E-state index >= 15 is 0 Å². The second kappa shape index (κ2) is 11.7. The molecule has 39 heavy (non-hydrogen) atoms. The standard InChI is InChI=1S/C30H33ClN2O6/c1-37-26-10-4-8-21(29(26)38-2)28-22-17-19(31)11-12-23(22)33-15-5-9-24(33)25(39-28)13-14-27(34)32-20-7-3-6-18(16-20)30(35)36/h4-5,8-12,15,17-18,20,25,28H,3,6-7,13-14,16H2,1-2H3,(H,32,34)(H,35,36)/t18-,20+,25+,28+/m0/s1. The zero-order valence-corrected chi connectivity index (χ0v) is 22.8. The van der Waals surface area contributed by atoms with Crippen LogP contribution >= 0.6 is 11.6 Å². The number of aliphatic carboxylic acids is 1. The van der Waals surface area contributed by atoms with E-state index in [0.29, 0.717) is 35.8 Å². The number of carbonyl (C=O) groups excluding carboxylic acids is 1. The molecule has 2 heterocycles. The van der Waals surface area contributed by atoms with Gasteiger partial charge in [0.1, 0.15) is 6.10 Å². The topological polar surface area (TPSA) is 99.0 Å². The first-order valence-corrected chi connectivity index (χ1v) is 13.6. The Balaban J connectivity index is 1.43. The maximum atomic E-state index is 13.0. The number of fused-ring (bicyclic) bond motifs is 3. The molecule has 4 atom stereocenters. The van der Waals surface area contributed by atoms with Crippen molar-refractivity contribution < 1.29 is 28.9 Å². The second-order valence-corrected chi connectivity index (χ2v) is 10.5. The molecule has 0 radical (unpaired) electrons. The van der Waals surface area contributed by atoms with E-state index in [2.05, 4.69) is 9.88 Å². The fraction of sp³-hybridized carbons (Fsp3) is 0.400. The molecule has 1 aliphatic carbocycles. The van der Waals surface area contributed by atoms with Crippen molar-refractivity contribution in [3.8, 4) is 17.2 Å². The van der Waals surface area contributed by atoms with Crippen LogP contribution in [0.25, 0.3) is 5.69 Å². The van der Waals surface area contributed by atoms with Gasteiger partial charge >= 0.3 is 5.97 Å². The number of rotatable bonds is 8. The van der Waals surface area contributed by atoms with E-state index in [1.54, 1.807) is 14.2 Å². The normalized spacial score (nSPS) is 22.2. The van der Waals surface area contributed by atoms with Gasteiger partial charge in [-0.15, -0.1) is 0 Å². The average Bonchev–Trinajstić information content (AvgIpc) is 3.38. The van der Waals surface area contributed by atoms with Crippen LogP contribution in [0.5, 0.6) is 11.5 Å². The summed E-state index contributed by atoms with van der Waals surface area (Å²) in [5.41, 5.74) is 3.53. The molecular weight excluding hydrogens is 520 g/mol. The molecule has 0 unspecified atom stereocenters. The maximum Gasteiger partial charge on any atom is 0.306 e. The number of methoxy groups -OCH3 is 2. The quantitative estimate of drug-likeness (QED) is 0.364. The van der Waals surface area contributed by atoms with Crippen LogP contribution in [0.4, 0.5) is 0 Å². The molecule has 1 saturated carbocycles. The number of hydrogen-bond donors (Lipinski definition) is 2. The Morgan fingerprint density at radius 1 is 1.10 bits per heavy atom. The Hall–Kier alpha value is -3.49. The van der Waals surface area contributed by atoms with Crippen LogP contribution in [-0.4, -0.2) is 41.8 Å². The minimum absolute atomic E-state index is 0.104. The number of ether oxygens (including phenoxy) is 3. The molecule has 1 aromatic heterocycles. The van der Waals surface area contributed by atoms with Crippen LogP contribution < -0.4 is 14.8 Å². The van der Waals surface area contributed by atoms with Crippen LogP contribution in [0.2, 0.25) is 5.02 Å². The van der Waals surface area contributed by atoms with E-state index < -0.39 is 24.1 Å². The number of benzene rings is 2. The SMILES string of the molecule is COc1cccc([C@H]2O[C@H](CCC(=O)N[C@@H]3CCC[C@H](C(=O)O)C3)c3cccn3-c3ccc(Cl)cc32)c1OC. The lowest BCUT2D eigenvalue weighted by Gasteiger charge is -2.28. The van der Waals surface area contributed by atoms with Crippen LogP contribution in [0, 0.1) is 5.92 Å². The minimum Gasteiger partial charge on any atom is -0.493 e. The molecule has 2 aromatic carbocycles. The van der Waals surface area contributed by atoms with Crippen LogP contribution in [0.15, 0.2) is 54.7 Å². The van der Waals surface area contributed by atoms with Gasteiger partial charge in [0.2, 0.25) is 5.91 Å². The van der Waals surface area contributed by atoms with Gasteiger partial charge in [-0.2, -0.15) is 0 Å². The molecule has 0 saturated heterocycles. The summed E-state index contributed by atoms with van der Waals surface area (Å²) in [6.07, 6.45) is 4.45. The van der Waals surface area contributed by atoms with Crippen molar-refractivity contribution in [1.82, 2.24) is 9.88 Å². The molecule has 2 N–H and O–H groups in total. The van der Waals surface area contributed by atoms with Gasteiger partial charge < -0.3 is 29.2 Å². The minimum atomic E-state index is -0.791. The van der Waals surface area contributed by atoms with E-state index in [4.69, 9.17) is 25.8 Å². The molecule has 1 aliphatic heterocycles. The number of carboxylic acids is 1. The van der Waals surface area contributed by atoms with Crippen LogP contribution in [-0.2, 0) is 14.3 Å². The predicted molar refractivity (Wildman–Crippen MR) is 147 cm³/mol. The Bertz CT molecular complexity index is 1350. The van der Waals surface area contributed by atoms with Crippen molar-refractivity contribution in [3.63, 3.8) is 0 Å². The number of carbonyl (C=O) groups is 2. The Labute approximate surface area is 232 Å². The summed E-state index contributed by atoms with van der Waals surface area (Å²) < 4.78 is 20.2. The predicted octanol–water partition coefficient (Wildman–Crippen LogP) is 5.85. The molecule has 206 valence electrons. The van der Waals surface area contributed by atoms with Crippen molar-refractivity contribution in [1.29, 1.82) is 0 Å². The van der Waals surface area contributed by atoms with E-state index in [1.807, 2.05) is 54.7 Å². The summed E-state index contributed by atoms with van der Waals surface area (Å²) >= 11 is 6.47. The molecule has 2 aliphatic rings. The number of halogens is 1. The summed E-state index contributed by atoms with van der Waals surface area (Å²) in [5.74, 6) is -0.131. The Kier molecular flexibility index (Phi) is 8.14. The highest BCUT2D eigenvalue weighted by Gasteiger charge is 2.33. The molecule has 0 bridgehead atoms. The number of hydrogen-bond acceptors (Lipinski definition) is 5. The van der Waals surface area contributed by atoms with Gasteiger partial charge in [0.25, 0.3) is 0 Å². The molecular formula is C30H33ClN2O6. The van der Waals surface area contributed by atoms with E-state index in [9.17, 15) is 14.7 Å². The number of nitrogens with zero attached hydrogens (tertiary/aromatic N) is 1. The number of nitrogens with one attached hydrogen (secondary N) is 1. The highest BCUT2D eigenvalue weighted by Crippen LogP contribution is 2.46. The molecule has 3 aromatic rings. The largest absolute Gasteiger partial charge is 0.493 e. The van der Waals surface area contributed by atoms with Crippen molar-refractivity contribution in [2.75, 3.05) is 14.2 Å². The van der Waals surface area contributed by atoms with E-state index in [1.165, 1.54) is 0 Å². The molecule has 8 nitrogen and oxygen atoms in total. The van der Waals surface area contributed by atoms with Crippen molar-refractivity contribution in [3.05, 3.63) is 76.6 Å². The summed E-state index contributed by atoms with van der Waals surface area (Å²) in [7, 11) is 3.20. The summed E-state index contributed by atoms with van der Waals surface area (Å²) in [6, 6.07) is 15.3. The number of carboxylic acid groups (broad SMARTS) is 1. The molecule has 1 amide bonds.